The summed E-state index contributed by atoms with van der Waals surface area (Å²) in [6.07, 6.45) is 1.80. The number of para-hydroxylation sites is 1. The lowest BCUT2D eigenvalue weighted by atomic mass is 9.79. The molecule has 0 atom stereocenters. The minimum Gasteiger partial charge on any atom is -0.481 e. The molecule has 3 heterocycles. The molecule has 4 rings (SSSR count). The number of piperidine rings is 1. The van der Waals surface area contributed by atoms with Crippen molar-refractivity contribution in [3.63, 3.8) is 0 Å². The van der Waals surface area contributed by atoms with E-state index in [9.17, 15) is 14.4 Å². The van der Waals surface area contributed by atoms with Crippen molar-refractivity contribution in [2.45, 2.75) is 89.2 Å². The largest absolute Gasteiger partial charge is 0.481 e. The average Bonchev–Trinajstić information content (AvgIpc) is 2.90. The molecule has 1 fully saturated rings. The molecular formula is C33H45N5O7. The van der Waals surface area contributed by atoms with E-state index in [1.807, 2.05) is 12.3 Å². The van der Waals surface area contributed by atoms with Gasteiger partial charge in [-0.2, -0.15) is 0 Å². The average molecular weight is 624 g/mol. The zero-order valence-corrected chi connectivity index (χ0v) is 26.8. The highest BCUT2D eigenvalue weighted by molar-refractivity contribution is 5.88. The fraction of sp³-hybridized carbons (Fsp3) is 0.485. The van der Waals surface area contributed by atoms with Gasteiger partial charge in [0.1, 0.15) is 5.82 Å². The Morgan fingerprint density at radius 3 is 2.00 bits per heavy atom. The number of nitrogens with zero attached hydrogens (tertiary/aromatic N) is 4. The number of carboxylic acid groups (broad SMARTS) is 3. The van der Waals surface area contributed by atoms with Gasteiger partial charge in [-0.25, -0.2) is 9.78 Å². The second-order valence-electron chi connectivity index (χ2n) is 13.2. The summed E-state index contributed by atoms with van der Waals surface area (Å²) in [7, 11) is 4.17. The van der Waals surface area contributed by atoms with E-state index in [2.05, 4.69) is 104 Å². The molecule has 45 heavy (non-hydrogen) atoms. The lowest BCUT2D eigenvalue weighted by molar-refractivity contribution is -0.170. The first-order valence-corrected chi connectivity index (χ1v) is 14.8. The maximum Gasteiger partial charge on any atom is 0.336 e. The van der Waals surface area contributed by atoms with Crippen LogP contribution in [0.3, 0.4) is 0 Å². The lowest BCUT2D eigenvalue weighted by Gasteiger charge is -2.49. The third-order valence-electron chi connectivity index (χ3n) is 7.64. The number of carboxylic acids is 3. The topological polar surface area (TPSA) is 176 Å². The van der Waals surface area contributed by atoms with E-state index in [0.29, 0.717) is 6.04 Å². The molecule has 2 aromatic heterocycles. The maximum atomic E-state index is 10.3. The summed E-state index contributed by atoms with van der Waals surface area (Å²) in [5.41, 5.74) is 0.847. The number of fused-ring (bicyclic) bond motifs is 1. The highest BCUT2D eigenvalue weighted by atomic mass is 16.4. The predicted octanol–water partition coefficient (Wildman–Crippen LogP) is 3.76. The molecule has 12 heteroatoms. The Bertz CT molecular complexity index is 1460. The van der Waals surface area contributed by atoms with E-state index >= 15 is 0 Å². The molecule has 3 aromatic rings. The Morgan fingerprint density at radius 1 is 0.911 bits per heavy atom. The summed E-state index contributed by atoms with van der Waals surface area (Å²) < 4.78 is 0. The zero-order valence-electron chi connectivity index (χ0n) is 26.8. The van der Waals surface area contributed by atoms with Crippen LogP contribution < -0.4 is 10.2 Å². The van der Waals surface area contributed by atoms with Crippen LogP contribution in [0.5, 0.6) is 0 Å². The number of nitrogens with one attached hydrogen (secondary N) is 1. The van der Waals surface area contributed by atoms with Crippen molar-refractivity contribution >= 4 is 34.6 Å². The molecule has 0 radical (unpaired) electrons. The van der Waals surface area contributed by atoms with Gasteiger partial charge >= 0.3 is 17.9 Å². The van der Waals surface area contributed by atoms with E-state index in [4.69, 9.17) is 25.4 Å². The van der Waals surface area contributed by atoms with Gasteiger partial charge in [0.05, 0.1) is 24.1 Å². The molecule has 244 valence electrons. The van der Waals surface area contributed by atoms with E-state index < -0.39 is 36.4 Å². The van der Waals surface area contributed by atoms with Gasteiger partial charge in [0.15, 0.2) is 5.60 Å². The van der Waals surface area contributed by atoms with Gasteiger partial charge in [-0.05, 0) is 64.8 Å². The molecule has 1 saturated heterocycles. The number of aliphatic carboxylic acids is 3. The monoisotopic (exact) mass is 623 g/mol. The number of pyridine rings is 2. The third kappa shape index (κ3) is 10.2. The van der Waals surface area contributed by atoms with Crippen molar-refractivity contribution in [1.29, 1.82) is 0 Å². The number of benzene rings is 1. The van der Waals surface area contributed by atoms with E-state index in [-0.39, 0.29) is 11.1 Å². The molecule has 0 unspecified atom stereocenters. The van der Waals surface area contributed by atoms with Gasteiger partial charge in [-0.15, -0.1) is 0 Å². The molecule has 0 saturated carbocycles. The fourth-order valence-electron chi connectivity index (χ4n) is 6.13. The molecule has 1 aliphatic rings. The summed E-state index contributed by atoms with van der Waals surface area (Å²) in [4.78, 5) is 44.9. The Kier molecular flexibility index (Phi) is 11.2. The molecule has 0 spiro atoms. The highest BCUT2D eigenvalue weighted by Crippen LogP contribution is 2.34. The van der Waals surface area contributed by atoms with Crippen molar-refractivity contribution in [1.82, 2.24) is 20.2 Å². The van der Waals surface area contributed by atoms with Crippen LogP contribution in [0.25, 0.3) is 10.9 Å². The van der Waals surface area contributed by atoms with Gasteiger partial charge < -0.3 is 30.6 Å². The number of aliphatic hydroxyl groups is 1. The van der Waals surface area contributed by atoms with Crippen LogP contribution in [0.15, 0.2) is 54.7 Å². The van der Waals surface area contributed by atoms with Crippen LogP contribution in [-0.4, -0.2) is 90.0 Å². The van der Waals surface area contributed by atoms with Crippen molar-refractivity contribution < 1.29 is 34.8 Å². The number of hydrogen-bond acceptors (Lipinski definition) is 9. The first kappa shape index (κ1) is 35.4. The molecule has 0 aliphatic carbocycles. The van der Waals surface area contributed by atoms with Crippen LogP contribution in [-0.2, 0) is 27.5 Å². The van der Waals surface area contributed by atoms with Crippen molar-refractivity contribution in [2.24, 2.45) is 0 Å². The smallest absolute Gasteiger partial charge is 0.336 e. The van der Waals surface area contributed by atoms with Gasteiger partial charge in [-0.3, -0.25) is 19.5 Å². The zero-order chi connectivity index (χ0) is 33.6. The summed E-state index contributed by atoms with van der Waals surface area (Å²) in [5.74, 6) is -3.98. The number of hydrogen-bond donors (Lipinski definition) is 5. The molecule has 0 amide bonds. The summed E-state index contributed by atoms with van der Waals surface area (Å²) in [6.45, 7) is 11.0. The van der Waals surface area contributed by atoms with Crippen LogP contribution in [0.4, 0.5) is 5.82 Å². The SMILES string of the molecule is CN(C)c1nc2ccccc2cc1CN(Cc1ccccn1)C1CC(C)(C)NC(C)(C)C1.O=C(O)CC(O)(CC(=O)O)C(=O)O. The number of anilines is 1. The summed E-state index contributed by atoms with van der Waals surface area (Å²) >= 11 is 0. The van der Waals surface area contributed by atoms with Crippen LogP contribution >= 0.6 is 0 Å². The Labute approximate surface area is 263 Å². The first-order valence-electron chi connectivity index (χ1n) is 14.8. The number of aromatic nitrogens is 2. The van der Waals surface area contributed by atoms with Gasteiger partial charge in [0, 0.05) is 61.5 Å². The fourth-order valence-corrected chi connectivity index (χ4v) is 6.13. The van der Waals surface area contributed by atoms with E-state index in [1.54, 1.807) is 0 Å². The molecule has 1 aromatic carbocycles. The first-order chi connectivity index (χ1) is 20.9. The van der Waals surface area contributed by atoms with E-state index in [1.165, 1.54) is 10.9 Å². The normalized spacial score (nSPS) is 16.1. The quantitative estimate of drug-likeness (QED) is 0.209. The highest BCUT2D eigenvalue weighted by Gasteiger charge is 2.41. The van der Waals surface area contributed by atoms with Gasteiger partial charge in [-0.1, -0.05) is 24.3 Å². The molecule has 5 N–H and O–H groups in total. The summed E-state index contributed by atoms with van der Waals surface area (Å²) in [6, 6.07) is 17.4. The molecule has 1 aliphatic heterocycles. The second-order valence-corrected chi connectivity index (χ2v) is 13.2. The molecule has 12 nitrogen and oxygen atoms in total. The molecule has 0 bridgehead atoms. The standard InChI is InChI=1S/C27H37N5.C6H8O7/c1-26(2)16-23(17-27(3,4)30-26)32(19-22-12-9-10-14-28-22)18-21-15-20-11-7-8-13-24(20)29-25(21)31(5)6;7-3(8)1-6(13,5(11)12)2-4(9)10/h7-15,23,30H,16-19H2,1-6H3;13H,1-2H2,(H,7,8)(H,9,10)(H,11,12). The Hall–Kier alpha value is -4.13. The van der Waals surface area contributed by atoms with Crippen LogP contribution in [0.2, 0.25) is 0 Å². The van der Waals surface area contributed by atoms with E-state index in [0.717, 1.165) is 43.0 Å². The van der Waals surface area contributed by atoms with Crippen molar-refractivity contribution in [3.8, 4) is 0 Å². The van der Waals surface area contributed by atoms with Crippen LogP contribution in [0, 0.1) is 0 Å². The van der Waals surface area contributed by atoms with Crippen molar-refractivity contribution in [2.75, 3.05) is 19.0 Å². The van der Waals surface area contributed by atoms with Gasteiger partial charge in [0.2, 0.25) is 0 Å². The second kappa shape index (κ2) is 14.3. The minimum absolute atomic E-state index is 0.0841. The summed E-state index contributed by atoms with van der Waals surface area (Å²) in [5, 5.41) is 38.8. The predicted molar refractivity (Wildman–Crippen MR) is 171 cm³/mol. The Balaban J connectivity index is 0.000000360. The lowest BCUT2D eigenvalue weighted by Crippen LogP contribution is -2.62. The molecular weight excluding hydrogens is 578 g/mol. The van der Waals surface area contributed by atoms with Crippen LogP contribution in [0.1, 0.15) is 64.6 Å². The third-order valence-corrected chi connectivity index (χ3v) is 7.64. The number of rotatable bonds is 11. The van der Waals surface area contributed by atoms with Crippen molar-refractivity contribution in [3.05, 3.63) is 66.0 Å². The maximum absolute atomic E-state index is 10.3. The van der Waals surface area contributed by atoms with Gasteiger partial charge in [0.25, 0.3) is 0 Å². The Morgan fingerprint density at radius 2 is 1.49 bits per heavy atom. The minimum atomic E-state index is -2.74. The number of carbonyl (C=O) groups is 3.